The number of anilines is 1. The Labute approximate surface area is 118 Å². The highest BCUT2D eigenvalue weighted by Crippen LogP contribution is 2.32. The number of nitrogens with two attached hydrogens (primary N) is 1. The van der Waals surface area contributed by atoms with Crippen LogP contribution in [0.25, 0.3) is 0 Å². The molecule has 20 heavy (non-hydrogen) atoms. The molecule has 4 heteroatoms. The zero-order chi connectivity index (χ0) is 13.9. The molecule has 1 aromatic carbocycles. The number of aromatic nitrogens is 1. The first-order chi connectivity index (χ1) is 9.74. The monoisotopic (exact) mass is 271 g/mol. The Morgan fingerprint density at radius 1 is 1.35 bits per heavy atom. The van der Waals surface area contributed by atoms with Crippen molar-refractivity contribution in [2.45, 2.75) is 25.4 Å². The van der Waals surface area contributed by atoms with Gasteiger partial charge in [-0.25, -0.2) is 4.39 Å². The number of halogens is 1. The second-order valence-corrected chi connectivity index (χ2v) is 5.27. The van der Waals surface area contributed by atoms with Gasteiger partial charge < -0.3 is 5.73 Å². The van der Waals surface area contributed by atoms with Gasteiger partial charge in [0.1, 0.15) is 5.82 Å². The minimum atomic E-state index is -0.334. The molecule has 3 nitrogen and oxygen atoms in total. The number of pyridine rings is 1. The second-order valence-electron chi connectivity index (χ2n) is 5.27. The first-order valence-corrected chi connectivity index (χ1v) is 6.92. The van der Waals surface area contributed by atoms with Gasteiger partial charge in [0.15, 0.2) is 0 Å². The lowest BCUT2D eigenvalue weighted by molar-refractivity contribution is 0.248. The van der Waals surface area contributed by atoms with Crippen molar-refractivity contribution in [3.63, 3.8) is 0 Å². The van der Waals surface area contributed by atoms with Crippen molar-refractivity contribution >= 4 is 5.69 Å². The molecule has 1 fully saturated rings. The molecule has 0 saturated carbocycles. The largest absolute Gasteiger partial charge is 0.396 e. The van der Waals surface area contributed by atoms with Crippen LogP contribution < -0.4 is 5.73 Å². The van der Waals surface area contributed by atoms with Gasteiger partial charge in [-0.3, -0.25) is 9.88 Å². The Hall–Kier alpha value is -1.94. The van der Waals surface area contributed by atoms with Gasteiger partial charge in [0.2, 0.25) is 0 Å². The summed E-state index contributed by atoms with van der Waals surface area (Å²) in [6.45, 7) is 1.78. The number of hydrogen-bond donors (Lipinski definition) is 1. The molecule has 0 aliphatic carbocycles. The molecule has 3 rings (SSSR count). The van der Waals surface area contributed by atoms with Crippen molar-refractivity contribution in [2.24, 2.45) is 0 Å². The molecule has 2 aromatic rings. The predicted molar refractivity (Wildman–Crippen MR) is 77.4 cm³/mol. The Morgan fingerprint density at radius 2 is 2.25 bits per heavy atom. The average Bonchev–Trinajstić information content (AvgIpc) is 2.92. The van der Waals surface area contributed by atoms with Crippen LogP contribution in [0.3, 0.4) is 0 Å². The molecular weight excluding hydrogens is 253 g/mol. The van der Waals surface area contributed by atoms with Gasteiger partial charge in [0, 0.05) is 25.0 Å². The molecule has 1 saturated heterocycles. The maximum atomic E-state index is 13.5. The van der Waals surface area contributed by atoms with E-state index in [0.29, 0.717) is 6.04 Å². The van der Waals surface area contributed by atoms with Crippen molar-refractivity contribution in [3.05, 3.63) is 59.7 Å². The van der Waals surface area contributed by atoms with E-state index in [-0.39, 0.29) is 11.5 Å². The summed E-state index contributed by atoms with van der Waals surface area (Å²) in [4.78, 5) is 6.57. The smallest absolute Gasteiger partial charge is 0.146 e. The van der Waals surface area contributed by atoms with Gasteiger partial charge in [-0.15, -0.1) is 0 Å². The lowest BCUT2D eigenvalue weighted by atomic mass is 10.1. The van der Waals surface area contributed by atoms with Crippen LogP contribution in [-0.4, -0.2) is 16.4 Å². The lowest BCUT2D eigenvalue weighted by Crippen LogP contribution is -2.22. The fraction of sp³-hybridized carbons (Fsp3) is 0.312. The van der Waals surface area contributed by atoms with Crippen LogP contribution in [0.5, 0.6) is 0 Å². The Balaban J connectivity index is 1.77. The summed E-state index contributed by atoms with van der Waals surface area (Å²) in [5.74, 6) is -0.334. The third kappa shape index (κ3) is 2.65. The molecule has 2 N–H and O–H groups in total. The minimum absolute atomic E-state index is 0.207. The third-order valence-electron chi connectivity index (χ3n) is 3.88. The Kier molecular flexibility index (Phi) is 3.65. The fourth-order valence-electron chi connectivity index (χ4n) is 2.87. The molecule has 1 unspecified atom stereocenters. The second kappa shape index (κ2) is 5.59. The summed E-state index contributed by atoms with van der Waals surface area (Å²) in [5.41, 5.74) is 7.93. The summed E-state index contributed by atoms with van der Waals surface area (Å²) < 4.78 is 13.5. The summed E-state index contributed by atoms with van der Waals surface area (Å²) in [6.07, 6.45) is 6.00. The standard InChI is InChI=1S/C16H18FN3/c17-14-9-12(5-6-15(14)18)11-20-8-2-4-16(20)13-3-1-7-19-10-13/h1,3,5-7,9-10,16H,2,4,8,11,18H2. The maximum absolute atomic E-state index is 13.5. The molecular formula is C16H18FN3. The van der Waals surface area contributed by atoms with Gasteiger partial charge in [-0.1, -0.05) is 12.1 Å². The number of nitrogens with zero attached hydrogens (tertiary/aromatic N) is 2. The van der Waals surface area contributed by atoms with Gasteiger partial charge in [0.05, 0.1) is 5.69 Å². The SMILES string of the molecule is Nc1ccc(CN2CCCC2c2cccnc2)cc1F. The topological polar surface area (TPSA) is 42.1 Å². The average molecular weight is 271 g/mol. The van der Waals surface area contributed by atoms with Crippen LogP contribution in [0, 0.1) is 5.82 Å². The maximum Gasteiger partial charge on any atom is 0.146 e. The van der Waals surface area contributed by atoms with E-state index in [1.807, 2.05) is 18.3 Å². The summed E-state index contributed by atoms with van der Waals surface area (Å²) in [6, 6.07) is 9.53. The van der Waals surface area contributed by atoms with E-state index >= 15 is 0 Å². The highest BCUT2D eigenvalue weighted by molar-refractivity contribution is 5.41. The van der Waals surface area contributed by atoms with E-state index in [0.717, 1.165) is 31.5 Å². The number of hydrogen-bond acceptors (Lipinski definition) is 3. The van der Waals surface area contributed by atoms with Gasteiger partial charge in [-0.2, -0.15) is 0 Å². The Morgan fingerprint density at radius 3 is 3.00 bits per heavy atom. The Bertz CT molecular complexity index is 586. The number of rotatable bonds is 3. The number of likely N-dealkylation sites (tertiary alicyclic amines) is 1. The summed E-state index contributed by atoms with van der Waals surface area (Å²) >= 11 is 0. The van der Waals surface area contributed by atoms with Crippen molar-refractivity contribution in [1.29, 1.82) is 0 Å². The molecule has 0 radical (unpaired) electrons. The van der Waals surface area contributed by atoms with Crippen molar-refractivity contribution in [1.82, 2.24) is 9.88 Å². The molecule has 2 heterocycles. The zero-order valence-corrected chi connectivity index (χ0v) is 11.3. The molecule has 104 valence electrons. The molecule has 0 spiro atoms. The normalized spacial score (nSPS) is 19.4. The first-order valence-electron chi connectivity index (χ1n) is 6.92. The summed E-state index contributed by atoms with van der Waals surface area (Å²) in [5, 5.41) is 0. The van der Waals surface area contributed by atoms with Crippen LogP contribution in [0.4, 0.5) is 10.1 Å². The van der Waals surface area contributed by atoms with Gasteiger partial charge in [0.25, 0.3) is 0 Å². The van der Waals surface area contributed by atoms with Crippen molar-refractivity contribution in [2.75, 3.05) is 12.3 Å². The van der Waals surface area contributed by atoms with Crippen LogP contribution in [0.1, 0.15) is 30.0 Å². The third-order valence-corrected chi connectivity index (χ3v) is 3.88. The minimum Gasteiger partial charge on any atom is -0.396 e. The van der Waals surface area contributed by atoms with Crippen LogP contribution in [0.2, 0.25) is 0 Å². The number of nitrogen functional groups attached to an aromatic ring is 1. The molecule has 1 aliphatic heterocycles. The van der Waals surface area contributed by atoms with Gasteiger partial charge >= 0.3 is 0 Å². The van der Waals surface area contributed by atoms with E-state index in [9.17, 15) is 4.39 Å². The number of benzene rings is 1. The predicted octanol–water partition coefficient (Wildman–Crippen LogP) is 3.14. The van der Waals surface area contributed by atoms with Crippen molar-refractivity contribution in [3.8, 4) is 0 Å². The van der Waals surface area contributed by atoms with Gasteiger partial charge in [-0.05, 0) is 48.7 Å². The van der Waals surface area contributed by atoms with Crippen molar-refractivity contribution < 1.29 is 4.39 Å². The highest BCUT2D eigenvalue weighted by atomic mass is 19.1. The van der Waals surface area contributed by atoms with Crippen LogP contribution in [0.15, 0.2) is 42.7 Å². The van der Waals surface area contributed by atoms with Crippen LogP contribution in [-0.2, 0) is 6.54 Å². The summed E-state index contributed by atoms with van der Waals surface area (Å²) in [7, 11) is 0. The quantitative estimate of drug-likeness (QED) is 0.872. The molecule has 0 bridgehead atoms. The zero-order valence-electron chi connectivity index (χ0n) is 11.3. The lowest BCUT2D eigenvalue weighted by Gasteiger charge is -2.24. The molecule has 1 aliphatic rings. The van der Waals surface area contributed by atoms with E-state index in [2.05, 4.69) is 16.0 Å². The molecule has 0 amide bonds. The van der Waals surface area contributed by atoms with E-state index < -0.39 is 0 Å². The molecule has 1 atom stereocenters. The van der Waals surface area contributed by atoms with E-state index in [1.54, 1.807) is 12.3 Å². The van der Waals surface area contributed by atoms with Crippen LogP contribution >= 0.6 is 0 Å². The molecule has 1 aromatic heterocycles. The van der Waals surface area contributed by atoms with E-state index in [4.69, 9.17) is 5.73 Å². The van der Waals surface area contributed by atoms with E-state index in [1.165, 1.54) is 11.6 Å². The highest BCUT2D eigenvalue weighted by Gasteiger charge is 2.26. The first kappa shape index (κ1) is 13.1. The fourth-order valence-corrected chi connectivity index (χ4v) is 2.87.